The van der Waals surface area contributed by atoms with Gasteiger partial charge in [-0.2, -0.15) is 0 Å². The van der Waals surface area contributed by atoms with Gasteiger partial charge in [0, 0.05) is 12.0 Å². The Balaban J connectivity index is 1.57. The van der Waals surface area contributed by atoms with E-state index in [2.05, 4.69) is 5.32 Å². The fraction of sp³-hybridized carbons (Fsp3) is 0.278. The maximum Gasteiger partial charge on any atom is 0.224 e. The van der Waals surface area contributed by atoms with Gasteiger partial charge in [-0.15, -0.1) is 0 Å². The Bertz CT molecular complexity index is 617. The summed E-state index contributed by atoms with van der Waals surface area (Å²) in [6.07, 6.45) is 2.49. The highest BCUT2D eigenvalue weighted by Gasteiger charge is 2.44. The van der Waals surface area contributed by atoms with Crippen molar-refractivity contribution in [2.45, 2.75) is 24.7 Å². The van der Waals surface area contributed by atoms with E-state index in [1.807, 2.05) is 42.5 Å². The molecule has 3 rings (SSSR count). The second kappa shape index (κ2) is 5.68. The lowest BCUT2D eigenvalue weighted by Gasteiger charge is -2.16. The lowest BCUT2D eigenvalue weighted by Crippen LogP contribution is -2.33. The summed E-state index contributed by atoms with van der Waals surface area (Å²) in [5.74, 6) is -0.183. The molecule has 0 saturated heterocycles. The zero-order valence-electron chi connectivity index (χ0n) is 11.8. The molecule has 2 aromatic rings. The molecule has 1 fully saturated rings. The van der Waals surface area contributed by atoms with Gasteiger partial charge in [0.15, 0.2) is 0 Å². The maximum absolute atomic E-state index is 13.0. The summed E-state index contributed by atoms with van der Waals surface area (Å²) >= 11 is 0. The van der Waals surface area contributed by atoms with E-state index >= 15 is 0 Å². The molecular weight excluding hydrogens is 265 g/mol. The Hall–Kier alpha value is -2.16. The molecule has 1 N–H and O–H groups in total. The molecule has 0 aromatic heterocycles. The van der Waals surface area contributed by atoms with Gasteiger partial charge < -0.3 is 5.32 Å². The predicted molar refractivity (Wildman–Crippen MR) is 80.5 cm³/mol. The first-order chi connectivity index (χ1) is 10.2. The topological polar surface area (TPSA) is 29.1 Å². The second-order valence-electron chi connectivity index (χ2n) is 5.73. The van der Waals surface area contributed by atoms with Crippen LogP contribution in [0.3, 0.4) is 0 Å². The molecule has 2 aromatic carbocycles. The molecule has 0 radical (unpaired) electrons. The lowest BCUT2D eigenvalue weighted by molar-refractivity contribution is -0.120. The molecule has 1 amide bonds. The average molecular weight is 283 g/mol. The summed E-state index contributed by atoms with van der Waals surface area (Å²) in [4.78, 5) is 12.0. The minimum Gasteiger partial charge on any atom is -0.355 e. The SMILES string of the molecule is O=C(Cc1ccccc1)NCC1(c2ccc(F)cc2)CC1. The van der Waals surface area contributed by atoms with Crippen LogP contribution in [0.25, 0.3) is 0 Å². The first kappa shape index (κ1) is 13.8. The molecule has 21 heavy (non-hydrogen) atoms. The number of hydrogen-bond acceptors (Lipinski definition) is 1. The molecule has 3 heteroatoms. The molecule has 0 heterocycles. The number of amides is 1. The van der Waals surface area contributed by atoms with Crippen LogP contribution < -0.4 is 5.32 Å². The van der Waals surface area contributed by atoms with Crippen LogP contribution in [0.4, 0.5) is 4.39 Å². The third-order valence-corrected chi connectivity index (χ3v) is 4.14. The predicted octanol–water partition coefficient (Wildman–Crippen LogP) is 3.22. The van der Waals surface area contributed by atoms with Crippen molar-refractivity contribution in [3.63, 3.8) is 0 Å². The van der Waals surface area contributed by atoms with E-state index in [4.69, 9.17) is 0 Å². The van der Waals surface area contributed by atoms with E-state index in [9.17, 15) is 9.18 Å². The van der Waals surface area contributed by atoms with E-state index in [1.54, 1.807) is 0 Å². The number of carbonyl (C=O) groups is 1. The lowest BCUT2D eigenvalue weighted by atomic mass is 9.96. The number of nitrogens with one attached hydrogen (secondary N) is 1. The van der Waals surface area contributed by atoms with Gasteiger partial charge in [-0.1, -0.05) is 42.5 Å². The van der Waals surface area contributed by atoms with Gasteiger partial charge in [-0.25, -0.2) is 4.39 Å². The van der Waals surface area contributed by atoms with Crippen molar-refractivity contribution >= 4 is 5.91 Å². The Kier molecular flexibility index (Phi) is 3.74. The fourth-order valence-electron chi connectivity index (χ4n) is 2.63. The first-order valence-electron chi connectivity index (χ1n) is 7.25. The molecule has 1 aliphatic rings. The fourth-order valence-corrected chi connectivity index (χ4v) is 2.63. The molecule has 0 atom stereocenters. The summed E-state index contributed by atoms with van der Waals surface area (Å²) < 4.78 is 13.0. The van der Waals surface area contributed by atoms with Gasteiger partial charge in [-0.05, 0) is 36.1 Å². The van der Waals surface area contributed by atoms with Crippen molar-refractivity contribution in [1.82, 2.24) is 5.32 Å². The van der Waals surface area contributed by atoms with Gasteiger partial charge in [0.1, 0.15) is 5.82 Å². The van der Waals surface area contributed by atoms with Crippen LogP contribution in [0.15, 0.2) is 54.6 Å². The summed E-state index contributed by atoms with van der Waals surface area (Å²) in [6, 6.07) is 16.3. The largest absolute Gasteiger partial charge is 0.355 e. The molecule has 0 bridgehead atoms. The van der Waals surface area contributed by atoms with E-state index < -0.39 is 0 Å². The molecule has 1 saturated carbocycles. The standard InChI is InChI=1S/C18H18FNO/c19-16-8-6-15(7-9-16)18(10-11-18)13-20-17(21)12-14-4-2-1-3-5-14/h1-9H,10-13H2,(H,20,21). The van der Waals surface area contributed by atoms with Gasteiger partial charge in [0.05, 0.1) is 6.42 Å². The summed E-state index contributed by atoms with van der Waals surface area (Å²) in [5, 5.41) is 3.01. The average Bonchev–Trinajstić information content (AvgIpc) is 3.28. The highest BCUT2D eigenvalue weighted by molar-refractivity contribution is 5.78. The highest BCUT2D eigenvalue weighted by atomic mass is 19.1. The zero-order chi connectivity index (χ0) is 14.7. The Labute approximate surface area is 124 Å². The van der Waals surface area contributed by atoms with Crippen molar-refractivity contribution in [1.29, 1.82) is 0 Å². The van der Waals surface area contributed by atoms with Crippen molar-refractivity contribution in [3.8, 4) is 0 Å². The van der Waals surface area contributed by atoms with E-state index in [0.717, 1.165) is 24.0 Å². The van der Waals surface area contributed by atoms with E-state index in [-0.39, 0.29) is 17.1 Å². The first-order valence-corrected chi connectivity index (χ1v) is 7.25. The van der Waals surface area contributed by atoms with Crippen molar-refractivity contribution in [2.24, 2.45) is 0 Å². The summed E-state index contributed by atoms with van der Waals surface area (Å²) in [6.45, 7) is 0.629. The van der Waals surface area contributed by atoms with Crippen LogP contribution >= 0.6 is 0 Å². The smallest absolute Gasteiger partial charge is 0.224 e. The third-order valence-electron chi connectivity index (χ3n) is 4.14. The third kappa shape index (κ3) is 3.30. The quantitative estimate of drug-likeness (QED) is 0.897. The van der Waals surface area contributed by atoms with Crippen LogP contribution in [-0.4, -0.2) is 12.5 Å². The number of benzene rings is 2. The van der Waals surface area contributed by atoms with Crippen LogP contribution in [0.1, 0.15) is 24.0 Å². The van der Waals surface area contributed by atoms with Crippen molar-refractivity contribution in [3.05, 3.63) is 71.5 Å². The molecule has 108 valence electrons. The van der Waals surface area contributed by atoms with Crippen LogP contribution in [0.5, 0.6) is 0 Å². The minimum absolute atomic E-state index is 0.0139. The number of rotatable bonds is 5. The molecule has 0 spiro atoms. The highest BCUT2D eigenvalue weighted by Crippen LogP contribution is 2.47. The molecular formula is C18H18FNO. The van der Waals surface area contributed by atoms with Gasteiger partial charge in [0.25, 0.3) is 0 Å². The zero-order valence-corrected chi connectivity index (χ0v) is 11.8. The summed E-state index contributed by atoms with van der Waals surface area (Å²) in [5.41, 5.74) is 2.14. The normalized spacial score (nSPS) is 15.5. The Morgan fingerprint density at radius 1 is 1.05 bits per heavy atom. The maximum atomic E-state index is 13.0. The minimum atomic E-state index is -0.220. The Morgan fingerprint density at radius 3 is 2.33 bits per heavy atom. The molecule has 0 unspecified atom stereocenters. The van der Waals surface area contributed by atoms with Gasteiger partial charge in [0.2, 0.25) is 5.91 Å². The van der Waals surface area contributed by atoms with Crippen molar-refractivity contribution in [2.75, 3.05) is 6.54 Å². The number of halogens is 1. The van der Waals surface area contributed by atoms with Crippen LogP contribution in [-0.2, 0) is 16.6 Å². The van der Waals surface area contributed by atoms with Gasteiger partial charge in [-0.3, -0.25) is 4.79 Å². The molecule has 0 aliphatic heterocycles. The van der Waals surface area contributed by atoms with Crippen molar-refractivity contribution < 1.29 is 9.18 Å². The number of carbonyl (C=O) groups excluding carboxylic acids is 1. The van der Waals surface area contributed by atoms with E-state index in [1.165, 1.54) is 12.1 Å². The van der Waals surface area contributed by atoms with E-state index in [0.29, 0.717) is 13.0 Å². The number of hydrogen-bond donors (Lipinski definition) is 1. The molecule has 1 aliphatic carbocycles. The van der Waals surface area contributed by atoms with Gasteiger partial charge >= 0.3 is 0 Å². The summed E-state index contributed by atoms with van der Waals surface area (Å²) in [7, 11) is 0. The molecule has 2 nitrogen and oxygen atoms in total. The Morgan fingerprint density at radius 2 is 1.71 bits per heavy atom. The monoisotopic (exact) mass is 283 g/mol. The second-order valence-corrected chi connectivity index (χ2v) is 5.73. The van der Waals surface area contributed by atoms with Crippen LogP contribution in [0.2, 0.25) is 0 Å². The van der Waals surface area contributed by atoms with Crippen LogP contribution in [0, 0.1) is 5.82 Å².